The minimum Gasteiger partial charge on any atom is -0.477 e. The Kier molecular flexibility index (Phi) is 6.36. The average Bonchev–Trinajstić information content (AvgIpc) is 2.48. The van der Waals surface area contributed by atoms with Gasteiger partial charge in [-0.1, -0.05) is 62.4 Å². The molecule has 2 aromatic rings. The van der Waals surface area contributed by atoms with Crippen molar-refractivity contribution in [1.29, 1.82) is 0 Å². The first-order valence-electron chi connectivity index (χ1n) is 6.65. The molecule has 0 radical (unpaired) electrons. The molecule has 0 fully saturated rings. The number of aliphatic carboxylic acids is 1. The van der Waals surface area contributed by atoms with Crippen molar-refractivity contribution in [2.24, 2.45) is 0 Å². The van der Waals surface area contributed by atoms with Crippen LogP contribution >= 0.6 is 0 Å². The molecule has 0 spiro atoms. The van der Waals surface area contributed by atoms with Gasteiger partial charge in [0.15, 0.2) is 0 Å². The van der Waals surface area contributed by atoms with E-state index in [1.807, 2.05) is 56.3 Å². The van der Waals surface area contributed by atoms with Gasteiger partial charge >= 0.3 is 5.97 Å². The fourth-order valence-corrected chi connectivity index (χ4v) is 2.27. The summed E-state index contributed by atoms with van der Waals surface area (Å²) in [4.78, 5) is 10.8. The Morgan fingerprint density at radius 3 is 2.18 bits per heavy atom. The molecule has 4 nitrogen and oxygen atoms in total. The molecule has 0 aromatic heterocycles. The molecule has 0 aliphatic carbocycles. The van der Waals surface area contributed by atoms with Crippen LogP contribution in [0.3, 0.4) is 0 Å². The fourth-order valence-electron chi connectivity index (χ4n) is 2.27. The van der Waals surface area contributed by atoms with Crippen LogP contribution in [-0.2, 0) is 31.9 Å². The zero-order valence-corrected chi connectivity index (χ0v) is 14.0. The van der Waals surface area contributed by atoms with Crippen molar-refractivity contribution in [3.8, 4) is 5.75 Å². The van der Waals surface area contributed by atoms with Crippen LogP contribution in [0.5, 0.6) is 5.75 Å². The maximum absolute atomic E-state index is 10.8. The number of benzene rings is 2. The summed E-state index contributed by atoms with van der Waals surface area (Å²) in [5.41, 5.74) is 1.51. The van der Waals surface area contributed by atoms with E-state index in [1.54, 1.807) is 12.1 Å². The third-order valence-electron chi connectivity index (χ3n) is 3.51. The first-order valence-corrected chi connectivity index (χ1v) is 6.65. The Morgan fingerprint density at radius 1 is 1.05 bits per heavy atom. The Bertz CT molecular complexity index is 626. The van der Waals surface area contributed by atoms with Gasteiger partial charge in [0, 0.05) is 32.7 Å². The quantitative estimate of drug-likeness (QED) is 0.652. The van der Waals surface area contributed by atoms with E-state index in [2.05, 4.69) is 0 Å². The maximum Gasteiger partial charge on any atom is 0.373 e. The summed E-state index contributed by atoms with van der Waals surface area (Å²) in [5, 5.41) is 18.2. The molecule has 5 heteroatoms. The van der Waals surface area contributed by atoms with E-state index in [9.17, 15) is 9.90 Å². The van der Waals surface area contributed by atoms with Crippen LogP contribution in [0.1, 0.15) is 25.0 Å². The van der Waals surface area contributed by atoms with Crippen LogP contribution in [0.25, 0.3) is 0 Å². The van der Waals surface area contributed by atoms with Crippen molar-refractivity contribution in [3.63, 3.8) is 0 Å². The fraction of sp³-hybridized carbons (Fsp3) is 0.235. The molecule has 0 saturated heterocycles. The summed E-state index contributed by atoms with van der Waals surface area (Å²) in [7, 11) is 0. The van der Waals surface area contributed by atoms with E-state index < -0.39 is 12.3 Å². The predicted octanol–water partition coefficient (Wildman–Crippen LogP) is 2.79. The molecule has 114 valence electrons. The topological polar surface area (TPSA) is 66.8 Å². The van der Waals surface area contributed by atoms with Gasteiger partial charge in [0.25, 0.3) is 6.29 Å². The predicted molar refractivity (Wildman–Crippen MR) is 79.3 cm³/mol. The van der Waals surface area contributed by atoms with Gasteiger partial charge in [-0.2, -0.15) is 0 Å². The van der Waals surface area contributed by atoms with Gasteiger partial charge in [-0.25, -0.2) is 4.79 Å². The molecule has 0 aliphatic heterocycles. The molecule has 1 atom stereocenters. The van der Waals surface area contributed by atoms with Gasteiger partial charge in [0.05, 0.1) is 0 Å². The minimum atomic E-state index is -1.88. The van der Waals surface area contributed by atoms with Crippen LogP contribution < -0.4 is 4.74 Å². The number of hydrogen-bond acceptors (Lipinski definition) is 3. The summed E-state index contributed by atoms with van der Waals surface area (Å²) in [6.07, 6.45) is -1.88. The number of rotatable bonds is 5. The molecular weight excluding hydrogens is 316 g/mol. The van der Waals surface area contributed by atoms with Crippen LogP contribution in [0, 0.1) is 0 Å². The smallest absolute Gasteiger partial charge is 0.373 e. The monoisotopic (exact) mass is 334 g/mol. The summed E-state index contributed by atoms with van der Waals surface area (Å²) in [5.74, 6) is -1.05. The largest absolute Gasteiger partial charge is 0.477 e. The number of carboxylic acid groups (broad SMARTS) is 1. The molecule has 1 unspecified atom stereocenters. The standard InChI is InChI=1S/C17H18O4.Ti/c1-17(2,12-8-4-3-5-9-12)13-10-6-7-11-14(13)21-16(20)15(18)19;/h3-11,16,20H,1-2H3,(H,18,19);. The summed E-state index contributed by atoms with van der Waals surface area (Å²) < 4.78 is 5.17. The molecule has 0 aliphatic rings. The van der Waals surface area contributed by atoms with Gasteiger partial charge < -0.3 is 14.9 Å². The third-order valence-corrected chi connectivity index (χ3v) is 3.51. The molecule has 2 aromatic carbocycles. The van der Waals surface area contributed by atoms with Crippen molar-refractivity contribution in [2.45, 2.75) is 25.6 Å². The van der Waals surface area contributed by atoms with Crippen molar-refractivity contribution in [3.05, 3.63) is 65.7 Å². The Balaban J connectivity index is 0.00000242. The number of carboxylic acids is 1. The number of aliphatic hydroxyl groups is 1. The summed E-state index contributed by atoms with van der Waals surface area (Å²) in [6, 6.07) is 17.0. The van der Waals surface area contributed by atoms with E-state index in [-0.39, 0.29) is 27.1 Å². The van der Waals surface area contributed by atoms with Gasteiger partial charge in [0.2, 0.25) is 0 Å². The van der Waals surface area contributed by atoms with E-state index in [4.69, 9.17) is 9.84 Å². The number of para-hydroxylation sites is 1. The molecule has 22 heavy (non-hydrogen) atoms. The Labute approximate surface area is 144 Å². The van der Waals surface area contributed by atoms with Crippen molar-refractivity contribution >= 4 is 5.97 Å². The average molecular weight is 334 g/mol. The maximum atomic E-state index is 10.8. The zero-order chi connectivity index (χ0) is 15.5. The Hall–Kier alpha value is -1.62. The summed E-state index contributed by atoms with van der Waals surface area (Å²) in [6.45, 7) is 4.05. The van der Waals surface area contributed by atoms with E-state index in [0.717, 1.165) is 11.1 Å². The second-order valence-electron chi connectivity index (χ2n) is 5.30. The molecule has 0 heterocycles. The van der Waals surface area contributed by atoms with Crippen LogP contribution in [-0.4, -0.2) is 22.5 Å². The van der Waals surface area contributed by atoms with Crippen LogP contribution in [0.2, 0.25) is 0 Å². The van der Waals surface area contributed by atoms with Crippen LogP contribution in [0.15, 0.2) is 54.6 Å². The number of ether oxygens (including phenoxy) is 1. The van der Waals surface area contributed by atoms with Crippen molar-refractivity contribution < 1.29 is 41.5 Å². The SMILES string of the molecule is CC(C)(c1ccccc1)c1ccccc1OC(O)C(=O)O.[Ti]. The van der Waals surface area contributed by atoms with Gasteiger partial charge in [0.1, 0.15) is 5.75 Å². The first kappa shape index (κ1) is 18.4. The zero-order valence-electron chi connectivity index (χ0n) is 12.5. The van der Waals surface area contributed by atoms with Gasteiger partial charge in [-0.05, 0) is 11.6 Å². The molecular formula is C17H18O4Ti. The molecule has 0 amide bonds. The van der Waals surface area contributed by atoms with Crippen molar-refractivity contribution in [1.82, 2.24) is 0 Å². The summed E-state index contributed by atoms with van der Waals surface area (Å²) >= 11 is 0. The number of hydrogen-bond donors (Lipinski definition) is 2. The first-order chi connectivity index (χ1) is 9.93. The number of carbonyl (C=O) groups is 1. The molecule has 0 bridgehead atoms. The second-order valence-corrected chi connectivity index (χ2v) is 5.30. The van der Waals surface area contributed by atoms with Crippen LogP contribution in [0.4, 0.5) is 0 Å². The third kappa shape index (κ3) is 3.98. The molecule has 2 rings (SSSR count). The van der Waals surface area contributed by atoms with Gasteiger partial charge in [-0.3, -0.25) is 0 Å². The Morgan fingerprint density at radius 2 is 1.59 bits per heavy atom. The van der Waals surface area contributed by atoms with E-state index in [1.165, 1.54) is 0 Å². The second kappa shape index (κ2) is 7.59. The number of aliphatic hydroxyl groups excluding tert-OH is 1. The normalized spacial score (nSPS) is 12.1. The minimum absolute atomic E-state index is 0. The molecule has 0 saturated carbocycles. The van der Waals surface area contributed by atoms with Gasteiger partial charge in [-0.15, -0.1) is 0 Å². The van der Waals surface area contributed by atoms with E-state index >= 15 is 0 Å². The van der Waals surface area contributed by atoms with Crippen molar-refractivity contribution in [2.75, 3.05) is 0 Å². The molecule has 2 N–H and O–H groups in total. The van der Waals surface area contributed by atoms with E-state index in [0.29, 0.717) is 5.75 Å².